The number of nitrogens with two attached hydrogens (primary N) is 1. The number of nitrogens with zero attached hydrogens (tertiary/aromatic N) is 3. The van der Waals surface area contributed by atoms with E-state index in [4.69, 9.17) is 5.73 Å². The lowest BCUT2D eigenvalue weighted by atomic mass is 9.57. The second-order valence-corrected chi connectivity index (χ2v) is 11.3. The largest absolute Gasteiger partial charge is 0.508 e. The summed E-state index contributed by atoms with van der Waals surface area (Å²) >= 11 is 0. The minimum absolute atomic E-state index is 0. The number of phenols is 1. The van der Waals surface area contributed by atoms with Gasteiger partial charge in [0, 0.05) is 54.8 Å². The van der Waals surface area contributed by atoms with E-state index >= 15 is 0 Å². The van der Waals surface area contributed by atoms with E-state index < -0.39 is 58.0 Å². The van der Waals surface area contributed by atoms with Gasteiger partial charge in [0.2, 0.25) is 5.78 Å². The van der Waals surface area contributed by atoms with Crippen molar-refractivity contribution in [3.63, 3.8) is 0 Å². The van der Waals surface area contributed by atoms with Gasteiger partial charge in [-0.05, 0) is 50.6 Å². The van der Waals surface area contributed by atoms with E-state index in [0.717, 1.165) is 0 Å². The van der Waals surface area contributed by atoms with Crippen LogP contribution in [0, 0.1) is 11.8 Å². The standard InChI is InChI=1S/C29H32N4O8.CH4/c1-31(2)18-9-15(11-33-6-5-13(10-33)12-34)23(35)20-16(18)7-14-8-17-22(32(3)4)25(37)21(28(30)40)27(39)29(17,41)26(38)19(14)24(20)36;/h5-6,9-10,12,14,17,22,35-36,39,41H,7-8,11H2,1-4H3,(H2,30,40);1H4/t14-,17-,22-,29-;/m0./s1. The van der Waals surface area contributed by atoms with Gasteiger partial charge in [-0.25, -0.2) is 0 Å². The van der Waals surface area contributed by atoms with Gasteiger partial charge >= 0.3 is 0 Å². The molecule has 1 heterocycles. The van der Waals surface area contributed by atoms with Crippen molar-refractivity contribution in [1.82, 2.24) is 9.47 Å². The van der Waals surface area contributed by atoms with Crippen molar-refractivity contribution in [3.8, 4) is 5.75 Å². The first-order valence-electron chi connectivity index (χ1n) is 13.0. The average molecular weight is 581 g/mol. The molecule has 42 heavy (non-hydrogen) atoms. The zero-order valence-corrected chi connectivity index (χ0v) is 23.1. The average Bonchev–Trinajstić information content (AvgIpc) is 3.34. The molecular formula is C30H36N4O8. The topological polar surface area (TPSA) is 187 Å². The summed E-state index contributed by atoms with van der Waals surface area (Å²) in [7, 11) is 6.71. The van der Waals surface area contributed by atoms with Crippen molar-refractivity contribution in [1.29, 1.82) is 0 Å². The SMILES string of the molecule is C.CN(C)c1cc(Cn2ccc(C=O)c2)c(O)c2c1C[C@H]1C[C@H]3[C@H](N(C)C)C(=O)C(C(N)=O)=C(O)[C@@]3(O)C(=O)C1=C2O. The molecule has 0 radical (unpaired) electrons. The number of aromatic nitrogens is 1. The number of phenolic OH excluding ortho intramolecular Hbond substituents is 1. The summed E-state index contributed by atoms with van der Waals surface area (Å²) in [6.45, 7) is 0.151. The van der Waals surface area contributed by atoms with Crippen LogP contribution in [0.4, 0.5) is 5.69 Å². The minimum atomic E-state index is -2.70. The normalized spacial score (nSPS) is 25.0. The number of hydrogen-bond acceptors (Lipinski definition) is 10. The summed E-state index contributed by atoms with van der Waals surface area (Å²) < 4.78 is 1.69. The molecule has 1 amide bonds. The predicted octanol–water partition coefficient (Wildman–Crippen LogP) is 1.33. The van der Waals surface area contributed by atoms with E-state index in [1.54, 1.807) is 57.3 Å². The van der Waals surface area contributed by atoms with Crippen LogP contribution in [0.2, 0.25) is 0 Å². The van der Waals surface area contributed by atoms with Crippen LogP contribution in [-0.2, 0) is 27.3 Å². The van der Waals surface area contributed by atoms with Crippen LogP contribution in [0.25, 0.3) is 5.76 Å². The van der Waals surface area contributed by atoms with Crippen molar-refractivity contribution < 1.29 is 39.6 Å². The van der Waals surface area contributed by atoms with Crippen LogP contribution in [0.1, 0.15) is 40.9 Å². The molecule has 0 saturated heterocycles. The monoisotopic (exact) mass is 580 g/mol. The van der Waals surface area contributed by atoms with Gasteiger partial charge in [0.15, 0.2) is 17.7 Å². The number of ketones is 2. The summed E-state index contributed by atoms with van der Waals surface area (Å²) in [5, 5.41) is 45.7. The van der Waals surface area contributed by atoms with Crippen LogP contribution in [0.3, 0.4) is 0 Å². The maximum Gasteiger partial charge on any atom is 0.255 e. The van der Waals surface area contributed by atoms with Gasteiger partial charge in [0.25, 0.3) is 5.91 Å². The van der Waals surface area contributed by atoms with E-state index in [1.807, 2.05) is 4.90 Å². The Balaban J connectivity index is 0.00000405. The van der Waals surface area contributed by atoms with Gasteiger partial charge in [-0.1, -0.05) is 7.43 Å². The molecule has 1 saturated carbocycles. The summed E-state index contributed by atoms with van der Waals surface area (Å²) in [4.78, 5) is 53.9. The number of primary amides is 1. The highest BCUT2D eigenvalue weighted by atomic mass is 16.3. The molecule has 4 atom stereocenters. The lowest BCUT2D eigenvalue weighted by Gasteiger charge is -2.50. The Bertz CT molecular complexity index is 1580. The first kappa shape index (κ1) is 30.5. The number of rotatable bonds is 6. The van der Waals surface area contributed by atoms with E-state index in [2.05, 4.69) is 0 Å². The quantitative estimate of drug-likeness (QED) is 0.246. The molecule has 12 nitrogen and oxygen atoms in total. The van der Waals surface area contributed by atoms with Crippen LogP contribution >= 0.6 is 0 Å². The fourth-order valence-electron chi connectivity index (χ4n) is 6.69. The first-order valence-corrected chi connectivity index (χ1v) is 13.0. The summed E-state index contributed by atoms with van der Waals surface area (Å²) in [5.74, 6) is -6.90. The van der Waals surface area contributed by atoms with Crippen LogP contribution < -0.4 is 10.6 Å². The van der Waals surface area contributed by atoms with Crippen molar-refractivity contribution in [3.05, 3.63) is 63.7 Å². The molecule has 12 heteroatoms. The van der Waals surface area contributed by atoms with E-state index in [9.17, 15) is 39.6 Å². The Morgan fingerprint density at radius 1 is 1.19 bits per heavy atom. The number of likely N-dealkylation sites (N-methyl/N-ethyl adjacent to an activating group) is 1. The number of hydrogen-bond donors (Lipinski definition) is 5. The van der Waals surface area contributed by atoms with Crippen LogP contribution in [0.15, 0.2) is 41.4 Å². The number of carbonyl (C=O) groups is 4. The van der Waals surface area contributed by atoms with Gasteiger partial charge in [-0.3, -0.25) is 24.1 Å². The van der Waals surface area contributed by atoms with Crippen LogP contribution in [0.5, 0.6) is 5.75 Å². The van der Waals surface area contributed by atoms with Gasteiger partial charge in [-0.2, -0.15) is 0 Å². The molecule has 224 valence electrons. The number of fused-ring (bicyclic) bond motifs is 3. The number of anilines is 1. The van der Waals surface area contributed by atoms with Crippen molar-refractivity contribution in [2.45, 2.75) is 38.5 Å². The number of Topliss-reactive ketones (excluding diaryl/α,β-unsaturated/α-hetero) is 2. The molecule has 2 aromatic rings. The highest BCUT2D eigenvalue weighted by Crippen LogP contribution is 2.54. The number of aliphatic hydroxyl groups is 3. The van der Waals surface area contributed by atoms with Crippen molar-refractivity contribution in [2.75, 3.05) is 33.1 Å². The second-order valence-electron chi connectivity index (χ2n) is 11.3. The van der Waals surface area contributed by atoms with Crippen LogP contribution in [-0.4, -0.2) is 93.5 Å². The van der Waals surface area contributed by atoms with Gasteiger partial charge in [-0.15, -0.1) is 0 Å². The third kappa shape index (κ3) is 4.21. The Kier molecular flexibility index (Phi) is 7.60. The zero-order chi connectivity index (χ0) is 30.1. The van der Waals surface area contributed by atoms with Crippen molar-refractivity contribution >= 4 is 35.2 Å². The van der Waals surface area contributed by atoms with E-state index in [1.165, 1.54) is 4.90 Å². The molecule has 5 rings (SSSR count). The number of carbonyl (C=O) groups excluding carboxylic acids is 4. The molecule has 1 aromatic heterocycles. The molecule has 6 N–H and O–H groups in total. The summed E-state index contributed by atoms with van der Waals surface area (Å²) in [6.07, 6.45) is 4.18. The fraction of sp³-hybridized carbons (Fsp3) is 0.400. The number of aliphatic hydroxyl groups excluding tert-OH is 2. The molecule has 0 unspecified atom stereocenters. The van der Waals surface area contributed by atoms with E-state index in [0.29, 0.717) is 28.7 Å². The molecule has 0 bridgehead atoms. The smallest absolute Gasteiger partial charge is 0.255 e. The van der Waals surface area contributed by atoms with E-state index in [-0.39, 0.29) is 43.7 Å². The molecule has 3 aliphatic rings. The number of amides is 1. The van der Waals surface area contributed by atoms with Gasteiger partial charge in [0.1, 0.15) is 22.8 Å². The Labute approximate surface area is 242 Å². The Morgan fingerprint density at radius 3 is 2.40 bits per heavy atom. The van der Waals surface area contributed by atoms with Crippen molar-refractivity contribution in [2.24, 2.45) is 17.6 Å². The maximum absolute atomic E-state index is 14.1. The summed E-state index contributed by atoms with van der Waals surface area (Å²) in [5.41, 5.74) is 3.74. The Morgan fingerprint density at radius 2 is 1.86 bits per heavy atom. The number of aromatic hydroxyl groups is 1. The molecule has 1 fully saturated rings. The highest BCUT2D eigenvalue weighted by molar-refractivity contribution is 6.24. The third-order valence-corrected chi connectivity index (χ3v) is 8.52. The summed E-state index contributed by atoms with van der Waals surface area (Å²) in [6, 6.07) is 2.25. The lowest BCUT2D eigenvalue weighted by Crippen LogP contribution is -2.65. The molecule has 0 spiro atoms. The minimum Gasteiger partial charge on any atom is -0.508 e. The zero-order valence-electron chi connectivity index (χ0n) is 23.1. The molecule has 3 aliphatic carbocycles. The number of benzene rings is 1. The highest BCUT2D eigenvalue weighted by Gasteiger charge is 2.64. The molecule has 1 aromatic carbocycles. The molecule has 0 aliphatic heterocycles. The first-order chi connectivity index (χ1) is 19.2. The number of aldehydes is 1. The van der Waals surface area contributed by atoms with Gasteiger partial charge in [0.05, 0.1) is 18.2 Å². The lowest BCUT2D eigenvalue weighted by molar-refractivity contribution is -0.153. The Hall–Kier alpha value is -4.42. The maximum atomic E-state index is 14.1. The molecular weight excluding hydrogens is 544 g/mol. The predicted molar refractivity (Wildman–Crippen MR) is 154 cm³/mol. The fourth-order valence-corrected chi connectivity index (χ4v) is 6.69. The third-order valence-electron chi connectivity index (χ3n) is 8.52. The second kappa shape index (κ2) is 10.4. The van der Waals surface area contributed by atoms with Gasteiger partial charge < -0.3 is 35.6 Å².